The summed E-state index contributed by atoms with van der Waals surface area (Å²) in [5, 5.41) is 0. The predicted octanol–water partition coefficient (Wildman–Crippen LogP) is 5.88. The van der Waals surface area contributed by atoms with Crippen molar-refractivity contribution in [2.75, 3.05) is 0 Å². The highest BCUT2D eigenvalue weighted by Gasteiger charge is 2.33. The molecule has 0 aromatic heterocycles. The van der Waals surface area contributed by atoms with E-state index in [9.17, 15) is 0 Å². The minimum absolute atomic E-state index is 0.748. The smallest absolute Gasteiger partial charge is 0.155 e. The van der Waals surface area contributed by atoms with Gasteiger partial charge in [-0.1, -0.05) is 77.6 Å². The number of hydrogen-bond donors (Lipinski definition) is 0. The zero-order chi connectivity index (χ0) is 13.3. The average Bonchev–Trinajstić information content (AvgIpc) is 2.49. The van der Waals surface area contributed by atoms with E-state index < -0.39 is 0 Å². The zero-order valence-corrected chi connectivity index (χ0v) is 12.9. The molecule has 2 fully saturated rings. The van der Waals surface area contributed by atoms with Crippen molar-refractivity contribution in [3.05, 3.63) is 0 Å². The number of hydrogen-bond acceptors (Lipinski definition) is 0. The highest BCUT2D eigenvalue weighted by molar-refractivity contribution is 6.70. The molecule has 2 rings (SSSR count). The fourth-order valence-electron chi connectivity index (χ4n) is 4.06. The van der Waals surface area contributed by atoms with Crippen molar-refractivity contribution in [1.82, 2.24) is 0 Å². The van der Waals surface area contributed by atoms with Crippen molar-refractivity contribution in [3.8, 4) is 11.7 Å². The van der Waals surface area contributed by atoms with E-state index in [2.05, 4.69) is 18.7 Å². The van der Waals surface area contributed by atoms with Gasteiger partial charge in [0.1, 0.15) is 0 Å². The first-order valence-electron chi connectivity index (χ1n) is 8.90. The molecule has 0 bridgehead atoms. The molecule has 0 aliphatic heterocycles. The Balaban J connectivity index is 1.95. The molecule has 2 aliphatic rings. The average molecular weight is 258 g/mol. The number of rotatable bonds is 4. The lowest BCUT2D eigenvalue weighted by Gasteiger charge is -2.32. The van der Waals surface area contributed by atoms with Gasteiger partial charge < -0.3 is 0 Å². The molecule has 0 atom stereocenters. The summed E-state index contributed by atoms with van der Waals surface area (Å²) in [6.45, 7) is 3.01. The van der Waals surface area contributed by atoms with Crippen molar-refractivity contribution in [2.24, 2.45) is 0 Å². The van der Waals surface area contributed by atoms with E-state index in [0.717, 1.165) is 24.8 Å². The van der Waals surface area contributed by atoms with Crippen LogP contribution in [-0.4, -0.2) is 6.71 Å². The fourth-order valence-corrected chi connectivity index (χ4v) is 4.06. The molecule has 1 heteroatoms. The van der Waals surface area contributed by atoms with Crippen molar-refractivity contribution in [2.45, 2.75) is 102 Å². The van der Waals surface area contributed by atoms with Crippen LogP contribution in [-0.2, 0) is 0 Å². The van der Waals surface area contributed by atoms with Crippen molar-refractivity contribution >= 4 is 6.71 Å². The van der Waals surface area contributed by atoms with Gasteiger partial charge in [0, 0.05) is 6.42 Å². The van der Waals surface area contributed by atoms with Gasteiger partial charge in [-0.25, -0.2) is 0 Å². The maximum Gasteiger partial charge on any atom is 0.237 e. The van der Waals surface area contributed by atoms with Crippen LogP contribution in [0.5, 0.6) is 0 Å². The molecule has 0 aromatic carbocycles. The highest BCUT2D eigenvalue weighted by atomic mass is 14.2. The Morgan fingerprint density at radius 2 is 1.37 bits per heavy atom. The molecule has 0 heterocycles. The van der Waals surface area contributed by atoms with Gasteiger partial charge in [0.05, 0.1) is 0 Å². The summed E-state index contributed by atoms with van der Waals surface area (Å²) in [4.78, 5) is 0. The van der Waals surface area contributed by atoms with Crippen LogP contribution < -0.4 is 0 Å². The Labute approximate surface area is 121 Å². The molecule has 106 valence electrons. The monoisotopic (exact) mass is 258 g/mol. The van der Waals surface area contributed by atoms with E-state index in [1.165, 1.54) is 77.0 Å². The molecule has 0 N–H and O–H groups in total. The summed E-state index contributed by atoms with van der Waals surface area (Å²) in [5.74, 6) is 9.15. The molecule has 0 aromatic rings. The largest absolute Gasteiger partial charge is 0.237 e. The summed E-state index contributed by atoms with van der Waals surface area (Å²) in [7, 11) is 0. The van der Waals surface area contributed by atoms with E-state index in [-0.39, 0.29) is 0 Å². The first-order valence-corrected chi connectivity index (χ1v) is 8.90. The van der Waals surface area contributed by atoms with Gasteiger partial charge in [-0.3, -0.25) is 0 Å². The lowest BCUT2D eigenvalue weighted by atomic mass is 9.31. The summed E-state index contributed by atoms with van der Waals surface area (Å²) < 4.78 is 0. The van der Waals surface area contributed by atoms with Crippen LogP contribution in [0.4, 0.5) is 0 Å². The maximum absolute atomic E-state index is 3.74. The maximum atomic E-state index is 3.74. The second-order valence-corrected chi connectivity index (χ2v) is 6.75. The van der Waals surface area contributed by atoms with Crippen molar-refractivity contribution in [1.29, 1.82) is 0 Å². The predicted molar refractivity (Wildman–Crippen MR) is 86.7 cm³/mol. The van der Waals surface area contributed by atoms with E-state index in [0.29, 0.717) is 0 Å². The molecular formula is C18H31B. The van der Waals surface area contributed by atoms with E-state index >= 15 is 0 Å². The van der Waals surface area contributed by atoms with Crippen molar-refractivity contribution < 1.29 is 0 Å². The quantitative estimate of drug-likeness (QED) is 0.335. The van der Waals surface area contributed by atoms with Crippen LogP contribution >= 0.6 is 0 Å². The van der Waals surface area contributed by atoms with Gasteiger partial charge in [-0.15, -0.1) is 5.92 Å². The zero-order valence-electron chi connectivity index (χ0n) is 12.9. The minimum Gasteiger partial charge on any atom is -0.155 e. The molecular weight excluding hydrogens is 227 g/mol. The second-order valence-electron chi connectivity index (χ2n) is 6.75. The van der Waals surface area contributed by atoms with Crippen LogP contribution in [0, 0.1) is 11.7 Å². The summed E-state index contributed by atoms with van der Waals surface area (Å²) in [6.07, 6.45) is 18.3. The Kier molecular flexibility index (Phi) is 6.90. The van der Waals surface area contributed by atoms with Crippen LogP contribution in [0.3, 0.4) is 0 Å². The van der Waals surface area contributed by atoms with E-state index in [4.69, 9.17) is 0 Å². The molecule has 19 heavy (non-hydrogen) atoms. The highest BCUT2D eigenvalue weighted by Crippen LogP contribution is 2.41. The normalized spacial score (nSPS) is 21.7. The van der Waals surface area contributed by atoms with Crippen LogP contribution in [0.25, 0.3) is 0 Å². The fraction of sp³-hybridized carbons (Fsp3) is 0.889. The third kappa shape index (κ3) is 4.90. The third-order valence-electron chi connectivity index (χ3n) is 5.24. The Hall–Kier alpha value is -0.375. The third-order valence-corrected chi connectivity index (χ3v) is 5.24. The summed E-state index contributed by atoms with van der Waals surface area (Å²) in [6, 6.07) is 0. The molecule has 0 spiro atoms. The second kappa shape index (κ2) is 8.73. The minimum atomic E-state index is 0.748. The molecule has 0 unspecified atom stereocenters. The Bertz CT molecular complexity index is 269. The van der Waals surface area contributed by atoms with Gasteiger partial charge in [-0.05, 0) is 18.1 Å². The standard InChI is InChI=1S/C18H31B/c1-2-3-4-11-16-19(17-12-7-5-8-13-17)18-14-9-6-10-15-18/h17-18H,2-10,12-15H2,1H3. The summed E-state index contributed by atoms with van der Waals surface area (Å²) in [5.41, 5.74) is 0. The molecule has 0 saturated heterocycles. The molecule has 2 aliphatic carbocycles. The van der Waals surface area contributed by atoms with Crippen LogP contribution in [0.1, 0.15) is 90.4 Å². The van der Waals surface area contributed by atoms with Crippen molar-refractivity contribution in [3.63, 3.8) is 0 Å². The summed E-state index contributed by atoms with van der Waals surface area (Å²) >= 11 is 0. The van der Waals surface area contributed by atoms with E-state index in [1.54, 1.807) is 0 Å². The van der Waals surface area contributed by atoms with E-state index in [1.807, 2.05) is 0 Å². The van der Waals surface area contributed by atoms with Gasteiger partial charge in [0.25, 0.3) is 0 Å². The van der Waals surface area contributed by atoms with Gasteiger partial charge >= 0.3 is 0 Å². The van der Waals surface area contributed by atoms with Gasteiger partial charge in [0.15, 0.2) is 0 Å². The topological polar surface area (TPSA) is 0 Å². The molecule has 0 radical (unpaired) electrons. The first-order chi connectivity index (χ1) is 9.42. The SMILES string of the molecule is CCCCC#CB(C1CCCCC1)C1CCCCC1. The number of unbranched alkanes of at least 4 members (excludes halogenated alkanes) is 2. The van der Waals surface area contributed by atoms with Crippen LogP contribution in [0.2, 0.25) is 11.6 Å². The lowest BCUT2D eigenvalue weighted by molar-refractivity contribution is 0.465. The molecule has 0 amide bonds. The molecule has 2 saturated carbocycles. The lowest BCUT2D eigenvalue weighted by Crippen LogP contribution is -2.29. The van der Waals surface area contributed by atoms with Crippen LogP contribution in [0.15, 0.2) is 0 Å². The Morgan fingerprint density at radius 1 is 0.842 bits per heavy atom. The van der Waals surface area contributed by atoms with Gasteiger partial charge in [0.2, 0.25) is 6.71 Å². The Morgan fingerprint density at radius 3 is 1.84 bits per heavy atom. The molecule has 0 nitrogen and oxygen atoms in total. The first kappa shape index (κ1) is 15.0. The van der Waals surface area contributed by atoms with Gasteiger partial charge in [-0.2, -0.15) is 5.82 Å².